The fourth-order valence-corrected chi connectivity index (χ4v) is 6.76. The fourth-order valence-electron chi connectivity index (χ4n) is 5.42. The van der Waals surface area contributed by atoms with Crippen molar-refractivity contribution in [1.82, 2.24) is 9.79 Å². The Morgan fingerprint density at radius 3 is 2.60 bits per heavy atom. The van der Waals surface area contributed by atoms with Crippen LogP contribution in [-0.2, 0) is 35.5 Å². The molecule has 2 aromatic carbocycles. The van der Waals surface area contributed by atoms with E-state index in [-0.39, 0.29) is 42.0 Å². The molecule has 2 heterocycles. The van der Waals surface area contributed by atoms with E-state index in [1.54, 1.807) is 0 Å². The summed E-state index contributed by atoms with van der Waals surface area (Å²) in [6.07, 6.45) is 0.866. The summed E-state index contributed by atoms with van der Waals surface area (Å²) in [5.41, 5.74) is 0.833. The maximum atomic E-state index is 13.6. The molecule has 1 saturated carbocycles. The summed E-state index contributed by atoms with van der Waals surface area (Å²) in [5.74, 6) is -0.259. The largest absolute Gasteiger partial charge is 0.508 e. The van der Waals surface area contributed by atoms with Crippen LogP contribution in [0.1, 0.15) is 37.7 Å². The summed E-state index contributed by atoms with van der Waals surface area (Å²) in [6, 6.07) is 13.6. The van der Waals surface area contributed by atoms with Crippen LogP contribution in [0.15, 0.2) is 59.5 Å². The quantitative estimate of drug-likeness (QED) is 0.344. The van der Waals surface area contributed by atoms with Crippen molar-refractivity contribution in [3.8, 4) is 5.75 Å². The summed E-state index contributed by atoms with van der Waals surface area (Å²) in [5, 5.41) is 24.0. The number of nitrogens with zero attached hydrogens (tertiary/aromatic N) is 1. The molecule has 3 fully saturated rings. The molecule has 40 heavy (non-hydrogen) atoms. The number of sulfonamides is 1. The van der Waals surface area contributed by atoms with Gasteiger partial charge < -0.3 is 29.7 Å². The zero-order valence-electron chi connectivity index (χ0n) is 22.1. The Morgan fingerprint density at radius 2 is 1.85 bits per heavy atom. The van der Waals surface area contributed by atoms with E-state index in [2.05, 4.69) is 5.32 Å². The molecule has 0 spiro atoms. The first-order valence-corrected chi connectivity index (χ1v) is 15.1. The normalized spacial score (nSPS) is 24.6. The molecule has 3 N–H and O–H groups in total. The molecule has 2 aliphatic heterocycles. The Kier molecular flexibility index (Phi) is 9.24. The molecule has 12 heteroatoms. The summed E-state index contributed by atoms with van der Waals surface area (Å²) in [7, 11) is -4.25. The number of hydrogen-bond donors (Lipinski definition) is 3. The van der Waals surface area contributed by atoms with Gasteiger partial charge in [-0.05, 0) is 49.4 Å². The highest BCUT2D eigenvalue weighted by molar-refractivity contribution is 7.89. The van der Waals surface area contributed by atoms with Gasteiger partial charge in [0.2, 0.25) is 0 Å². The second-order valence-corrected chi connectivity index (χ2v) is 12.3. The molecule has 11 nitrogen and oxygen atoms in total. The van der Waals surface area contributed by atoms with E-state index in [1.165, 1.54) is 18.2 Å². The van der Waals surface area contributed by atoms with Crippen molar-refractivity contribution >= 4 is 16.1 Å². The second-order valence-electron chi connectivity index (χ2n) is 10.5. The van der Waals surface area contributed by atoms with Crippen LogP contribution >= 0.6 is 0 Å². The average molecular weight is 577 g/mol. The SMILES string of the molecule is O=C(N[C@@H](Cc1ccccc1)[C@@H](O)CN(OC1CCCC1)S(=O)(=O)c1cccc(O)c1)OC1CO[C@@H]2OCC[C@H]12. The Hall–Kier alpha value is -2.74. The molecule has 2 aromatic rings. The smallest absolute Gasteiger partial charge is 0.407 e. The van der Waals surface area contributed by atoms with Crippen molar-refractivity contribution in [1.29, 1.82) is 0 Å². The molecule has 0 bridgehead atoms. The molecule has 1 unspecified atom stereocenters. The van der Waals surface area contributed by atoms with Gasteiger partial charge in [-0.3, -0.25) is 4.84 Å². The molecule has 1 amide bonds. The standard InChI is InChI=1S/C28H36N2O9S/c31-20-9-6-12-22(16-20)40(34,35)30(39-21-10-4-5-11-21)17-25(32)24(15-19-7-2-1-3-8-19)29-28(33)38-26-18-37-27-23(26)13-14-36-27/h1-3,6-9,12,16,21,23-27,31-32H,4-5,10-11,13-15,17-18H2,(H,29,33)/t23-,24+,25+,26?,27+/m1/s1. The average Bonchev–Trinajstić information content (AvgIpc) is 3.69. The monoisotopic (exact) mass is 576 g/mol. The summed E-state index contributed by atoms with van der Waals surface area (Å²) in [6.45, 7) is 0.313. The summed E-state index contributed by atoms with van der Waals surface area (Å²) < 4.78 is 44.7. The van der Waals surface area contributed by atoms with Crippen molar-refractivity contribution in [2.75, 3.05) is 19.8 Å². The van der Waals surface area contributed by atoms with Crippen LogP contribution in [0, 0.1) is 5.92 Å². The van der Waals surface area contributed by atoms with Crippen LogP contribution in [0.3, 0.4) is 0 Å². The van der Waals surface area contributed by atoms with E-state index in [1.807, 2.05) is 30.3 Å². The zero-order chi connectivity index (χ0) is 28.1. The van der Waals surface area contributed by atoms with Crippen LogP contribution in [0.2, 0.25) is 0 Å². The predicted molar refractivity (Wildman–Crippen MR) is 142 cm³/mol. The van der Waals surface area contributed by atoms with Gasteiger partial charge in [-0.2, -0.15) is 0 Å². The van der Waals surface area contributed by atoms with E-state index in [0.717, 1.165) is 35.4 Å². The number of benzene rings is 2. The molecule has 5 rings (SSSR count). The molecule has 3 aliphatic rings. The van der Waals surface area contributed by atoms with Gasteiger partial charge in [0.05, 0.1) is 48.8 Å². The lowest BCUT2D eigenvalue weighted by atomic mass is 10.0. The first-order valence-electron chi connectivity index (χ1n) is 13.7. The van der Waals surface area contributed by atoms with Crippen molar-refractivity contribution in [3.05, 3.63) is 60.2 Å². The topological polar surface area (TPSA) is 144 Å². The minimum absolute atomic E-state index is 0.0500. The molecule has 0 aromatic heterocycles. The Balaban J connectivity index is 1.34. The van der Waals surface area contributed by atoms with Crippen LogP contribution in [0.4, 0.5) is 4.79 Å². The van der Waals surface area contributed by atoms with E-state index in [4.69, 9.17) is 19.0 Å². The van der Waals surface area contributed by atoms with Gasteiger partial charge in [-0.15, -0.1) is 0 Å². The number of hydrogen-bond acceptors (Lipinski definition) is 9. The lowest BCUT2D eigenvalue weighted by Gasteiger charge is -2.31. The lowest BCUT2D eigenvalue weighted by molar-refractivity contribution is -0.145. The number of fused-ring (bicyclic) bond motifs is 1. The molecule has 0 radical (unpaired) electrons. The molecule has 218 valence electrons. The fraction of sp³-hybridized carbons (Fsp3) is 0.536. The Labute approximate surface area is 234 Å². The number of ether oxygens (including phenoxy) is 3. The predicted octanol–water partition coefficient (Wildman–Crippen LogP) is 2.72. The van der Waals surface area contributed by atoms with Crippen molar-refractivity contribution < 1.29 is 42.5 Å². The van der Waals surface area contributed by atoms with E-state index < -0.39 is 40.9 Å². The van der Waals surface area contributed by atoms with Gasteiger partial charge in [0, 0.05) is 0 Å². The van der Waals surface area contributed by atoms with Crippen molar-refractivity contribution in [3.63, 3.8) is 0 Å². The van der Waals surface area contributed by atoms with Gasteiger partial charge in [0.15, 0.2) is 6.29 Å². The second kappa shape index (κ2) is 12.8. The maximum Gasteiger partial charge on any atom is 0.407 e. The third-order valence-corrected chi connectivity index (χ3v) is 9.22. The van der Waals surface area contributed by atoms with E-state index in [9.17, 15) is 23.4 Å². The van der Waals surface area contributed by atoms with Gasteiger partial charge in [0.1, 0.15) is 11.9 Å². The highest BCUT2D eigenvalue weighted by atomic mass is 32.2. The Morgan fingerprint density at radius 1 is 1.07 bits per heavy atom. The molecular weight excluding hydrogens is 540 g/mol. The minimum Gasteiger partial charge on any atom is -0.508 e. The van der Waals surface area contributed by atoms with Crippen LogP contribution < -0.4 is 5.32 Å². The third kappa shape index (κ3) is 6.93. The molecule has 5 atom stereocenters. The summed E-state index contributed by atoms with van der Waals surface area (Å²) >= 11 is 0. The number of alkyl carbamates (subject to hydrolysis) is 1. The van der Waals surface area contributed by atoms with Crippen molar-refractivity contribution in [2.45, 2.75) is 74.1 Å². The highest BCUT2D eigenvalue weighted by Gasteiger charge is 2.44. The van der Waals surface area contributed by atoms with Gasteiger partial charge in [-0.25, -0.2) is 13.2 Å². The minimum atomic E-state index is -4.25. The maximum absolute atomic E-state index is 13.6. The lowest BCUT2D eigenvalue weighted by Crippen LogP contribution is -2.51. The molecule has 2 saturated heterocycles. The number of phenols is 1. The summed E-state index contributed by atoms with van der Waals surface area (Å²) in [4.78, 5) is 18.7. The highest BCUT2D eigenvalue weighted by Crippen LogP contribution is 2.33. The Bertz CT molecular complexity index is 1240. The number of aromatic hydroxyl groups is 1. The first-order chi connectivity index (χ1) is 19.3. The molecular formula is C28H36N2O9S. The van der Waals surface area contributed by atoms with Crippen molar-refractivity contribution in [2.24, 2.45) is 5.92 Å². The number of nitrogens with one attached hydrogen (secondary N) is 1. The number of aliphatic hydroxyl groups excluding tert-OH is 1. The van der Waals surface area contributed by atoms with Gasteiger partial charge >= 0.3 is 6.09 Å². The van der Waals surface area contributed by atoms with E-state index >= 15 is 0 Å². The number of hydroxylamine groups is 1. The number of rotatable bonds is 11. The number of aliphatic hydroxyl groups is 1. The molecule has 1 aliphatic carbocycles. The number of amides is 1. The zero-order valence-corrected chi connectivity index (χ0v) is 22.9. The van der Waals surface area contributed by atoms with Crippen LogP contribution in [0.5, 0.6) is 5.75 Å². The van der Waals surface area contributed by atoms with Gasteiger partial charge in [-0.1, -0.05) is 53.7 Å². The third-order valence-electron chi connectivity index (χ3n) is 7.60. The number of carbonyl (C=O) groups excluding carboxylic acids is 1. The first kappa shape index (κ1) is 28.8. The van der Waals surface area contributed by atoms with Crippen LogP contribution in [-0.4, -0.2) is 79.6 Å². The number of phenolic OH excluding ortho intramolecular Hbond substituents is 1. The van der Waals surface area contributed by atoms with Crippen LogP contribution in [0.25, 0.3) is 0 Å². The number of carbonyl (C=O) groups is 1. The van der Waals surface area contributed by atoms with Gasteiger partial charge in [0.25, 0.3) is 10.0 Å². The van der Waals surface area contributed by atoms with E-state index in [0.29, 0.717) is 19.4 Å².